The van der Waals surface area contributed by atoms with Crippen LogP contribution in [0, 0.1) is 0 Å². The van der Waals surface area contributed by atoms with Crippen LogP contribution >= 0.6 is 0 Å². The number of carbonyl (C=O) groups excluding carboxylic acids is 3. The fourth-order valence-corrected chi connectivity index (χ4v) is 8.48. The van der Waals surface area contributed by atoms with E-state index in [4.69, 9.17) is 14.2 Å². The van der Waals surface area contributed by atoms with Gasteiger partial charge in [-0.05, 0) is 96.3 Å². The van der Waals surface area contributed by atoms with Crippen molar-refractivity contribution in [1.29, 1.82) is 0 Å². The second-order valence-corrected chi connectivity index (χ2v) is 20.2. The van der Waals surface area contributed by atoms with E-state index in [9.17, 15) is 14.4 Å². The molecule has 0 saturated heterocycles. The van der Waals surface area contributed by atoms with Crippen molar-refractivity contribution >= 4 is 17.9 Å². The number of allylic oxidation sites excluding steroid dienone is 16. The Labute approximate surface area is 451 Å². The number of hydrogen-bond donors (Lipinski definition) is 0. The Balaban J connectivity index is 3.99. The first-order valence-corrected chi connectivity index (χ1v) is 30.7. The number of unbranched alkanes of at least 4 members (excludes halogenated alkanes) is 28. The van der Waals surface area contributed by atoms with Gasteiger partial charge < -0.3 is 14.2 Å². The zero-order chi connectivity index (χ0) is 52.9. The highest BCUT2D eigenvalue weighted by molar-refractivity contribution is 5.71. The summed E-state index contributed by atoms with van der Waals surface area (Å²) in [4.78, 5) is 37.9. The molecular weight excluding hydrogens is 901 g/mol. The topological polar surface area (TPSA) is 78.9 Å². The maximum atomic E-state index is 12.8. The minimum atomic E-state index is -0.779. The molecule has 0 aliphatic rings. The summed E-state index contributed by atoms with van der Waals surface area (Å²) >= 11 is 0. The molecular formula is C67H114O6. The maximum absolute atomic E-state index is 12.8. The summed E-state index contributed by atoms with van der Waals surface area (Å²) in [6, 6.07) is 0. The standard InChI is InChI=1S/C67H114O6/c1-4-7-10-13-16-18-20-22-23-24-25-26-27-28-29-30-31-32-33-34-35-36-37-38-39-40-41-42-43-45-46-48-51-54-57-60-66(69)72-63-64(62-71-65(68)59-56-53-50-15-12-9-6-3)73-67(70)61-58-55-52-49-47-44-21-19-17-14-11-8-5-2/h7,10-11,14,16,18-19,21-23,25-26,28-29,31-32,64H,4-6,8-9,12-13,15,17,20,24,27,30,33-63H2,1-3H3/b10-7-,14-11-,18-16-,21-19-,23-22-,26-25-,29-28-,32-31-. The summed E-state index contributed by atoms with van der Waals surface area (Å²) in [7, 11) is 0. The predicted octanol–water partition coefficient (Wildman–Crippen LogP) is 20.9. The second-order valence-electron chi connectivity index (χ2n) is 20.2. The molecule has 0 aromatic rings. The first kappa shape index (κ1) is 69.3. The Bertz CT molecular complexity index is 1440. The number of rotatable bonds is 55. The lowest BCUT2D eigenvalue weighted by molar-refractivity contribution is -0.167. The lowest BCUT2D eigenvalue weighted by Crippen LogP contribution is -2.30. The van der Waals surface area contributed by atoms with Crippen LogP contribution in [-0.2, 0) is 28.6 Å². The van der Waals surface area contributed by atoms with Gasteiger partial charge in [0.1, 0.15) is 13.2 Å². The Hall–Kier alpha value is -3.67. The fourth-order valence-electron chi connectivity index (χ4n) is 8.48. The summed E-state index contributed by atoms with van der Waals surface area (Å²) in [5.41, 5.74) is 0. The number of ether oxygens (including phenoxy) is 3. The van der Waals surface area contributed by atoms with Crippen LogP contribution in [0.5, 0.6) is 0 Å². The van der Waals surface area contributed by atoms with Gasteiger partial charge in [0.25, 0.3) is 0 Å². The minimum absolute atomic E-state index is 0.0798. The average molecular weight is 1020 g/mol. The zero-order valence-corrected chi connectivity index (χ0v) is 47.9. The van der Waals surface area contributed by atoms with Gasteiger partial charge in [0.15, 0.2) is 6.10 Å². The Morgan fingerprint density at radius 3 is 0.890 bits per heavy atom. The Morgan fingerprint density at radius 2 is 0.562 bits per heavy atom. The van der Waals surface area contributed by atoms with E-state index in [0.29, 0.717) is 19.3 Å². The van der Waals surface area contributed by atoms with E-state index in [1.165, 1.54) is 122 Å². The van der Waals surface area contributed by atoms with Gasteiger partial charge in [0, 0.05) is 19.3 Å². The van der Waals surface area contributed by atoms with Crippen molar-refractivity contribution in [3.8, 4) is 0 Å². The van der Waals surface area contributed by atoms with Crippen molar-refractivity contribution < 1.29 is 28.6 Å². The van der Waals surface area contributed by atoms with Crippen LogP contribution in [0.15, 0.2) is 97.2 Å². The minimum Gasteiger partial charge on any atom is -0.462 e. The Kier molecular flexibility index (Phi) is 57.8. The molecule has 6 heteroatoms. The van der Waals surface area contributed by atoms with Gasteiger partial charge in [-0.25, -0.2) is 0 Å². The van der Waals surface area contributed by atoms with E-state index in [1.54, 1.807) is 0 Å². The van der Waals surface area contributed by atoms with Gasteiger partial charge in [-0.15, -0.1) is 0 Å². The highest BCUT2D eigenvalue weighted by atomic mass is 16.6. The van der Waals surface area contributed by atoms with E-state index < -0.39 is 6.10 Å². The Morgan fingerprint density at radius 1 is 0.288 bits per heavy atom. The van der Waals surface area contributed by atoms with Crippen LogP contribution in [0.25, 0.3) is 0 Å². The summed E-state index contributed by atoms with van der Waals surface area (Å²) in [6.45, 7) is 6.41. The van der Waals surface area contributed by atoms with E-state index >= 15 is 0 Å². The van der Waals surface area contributed by atoms with E-state index in [-0.39, 0.29) is 31.1 Å². The molecule has 0 bridgehead atoms. The molecule has 0 spiro atoms. The van der Waals surface area contributed by atoms with Gasteiger partial charge in [-0.2, -0.15) is 0 Å². The molecule has 0 aliphatic heterocycles. The van der Waals surface area contributed by atoms with Crippen LogP contribution in [-0.4, -0.2) is 37.2 Å². The van der Waals surface area contributed by atoms with E-state index in [0.717, 1.165) is 128 Å². The molecule has 1 atom stereocenters. The molecule has 73 heavy (non-hydrogen) atoms. The largest absolute Gasteiger partial charge is 0.462 e. The first-order valence-electron chi connectivity index (χ1n) is 30.7. The summed E-state index contributed by atoms with van der Waals surface area (Å²) in [5.74, 6) is -0.895. The highest BCUT2D eigenvalue weighted by Crippen LogP contribution is 2.16. The highest BCUT2D eigenvalue weighted by Gasteiger charge is 2.19. The van der Waals surface area contributed by atoms with Crippen LogP contribution in [0.3, 0.4) is 0 Å². The van der Waals surface area contributed by atoms with Crippen molar-refractivity contribution in [3.05, 3.63) is 97.2 Å². The average Bonchev–Trinajstić information content (AvgIpc) is 3.39. The maximum Gasteiger partial charge on any atom is 0.306 e. The van der Waals surface area contributed by atoms with Crippen molar-refractivity contribution in [2.45, 2.75) is 297 Å². The number of hydrogen-bond acceptors (Lipinski definition) is 6. The molecule has 0 N–H and O–H groups in total. The van der Waals surface area contributed by atoms with Crippen LogP contribution < -0.4 is 0 Å². The third kappa shape index (κ3) is 59.1. The fraction of sp³-hybridized carbons (Fsp3) is 0.716. The molecule has 0 aromatic heterocycles. The van der Waals surface area contributed by atoms with E-state index in [2.05, 4.69) is 118 Å². The van der Waals surface area contributed by atoms with Crippen molar-refractivity contribution in [3.63, 3.8) is 0 Å². The van der Waals surface area contributed by atoms with Crippen LogP contribution in [0.2, 0.25) is 0 Å². The third-order valence-corrected chi connectivity index (χ3v) is 13.1. The van der Waals surface area contributed by atoms with Gasteiger partial charge in [-0.1, -0.05) is 272 Å². The van der Waals surface area contributed by atoms with Crippen molar-refractivity contribution in [2.24, 2.45) is 0 Å². The molecule has 0 rings (SSSR count). The van der Waals surface area contributed by atoms with Crippen LogP contribution in [0.4, 0.5) is 0 Å². The molecule has 0 saturated carbocycles. The second kappa shape index (κ2) is 60.9. The summed E-state index contributed by atoms with van der Waals surface area (Å²) in [5, 5.41) is 0. The normalized spacial score (nSPS) is 12.8. The molecule has 0 radical (unpaired) electrons. The molecule has 418 valence electrons. The predicted molar refractivity (Wildman–Crippen MR) is 316 cm³/mol. The van der Waals surface area contributed by atoms with Crippen molar-refractivity contribution in [2.75, 3.05) is 13.2 Å². The molecule has 0 amide bonds. The SMILES string of the molecule is CC/C=C\C/C=C\C/C=C\C/C=C\C/C=C\C/C=C\CCCCCCCCCCCCCCCCCCC(=O)OCC(COC(=O)CCCCCCCCC)OC(=O)CCCCCCC/C=C\C/C=C\CCC. The van der Waals surface area contributed by atoms with Gasteiger partial charge >= 0.3 is 17.9 Å². The van der Waals surface area contributed by atoms with Crippen molar-refractivity contribution in [1.82, 2.24) is 0 Å². The quantitative estimate of drug-likeness (QED) is 0.0261. The van der Waals surface area contributed by atoms with Gasteiger partial charge in [-0.3, -0.25) is 14.4 Å². The molecule has 0 fully saturated rings. The monoisotopic (exact) mass is 1010 g/mol. The number of carbonyl (C=O) groups is 3. The molecule has 0 heterocycles. The zero-order valence-electron chi connectivity index (χ0n) is 47.9. The molecule has 0 aliphatic carbocycles. The molecule has 0 aromatic carbocycles. The molecule has 6 nitrogen and oxygen atoms in total. The molecule has 1 unspecified atom stereocenters. The third-order valence-electron chi connectivity index (χ3n) is 13.1. The summed E-state index contributed by atoms with van der Waals surface area (Å²) < 4.78 is 16.8. The smallest absolute Gasteiger partial charge is 0.306 e. The summed E-state index contributed by atoms with van der Waals surface area (Å²) in [6.07, 6.45) is 81.6. The van der Waals surface area contributed by atoms with Gasteiger partial charge in [0.2, 0.25) is 0 Å². The first-order chi connectivity index (χ1) is 36.0. The van der Waals surface area contributed by atoms with Crippen LogP contribution in [0.1, 0.15) is 290 Å². The lowest BCUT2D eigenvalue weighted by atomic mass is 10.0. The van der Waals surface area contributed by atoms with Gasteiger partial charge in [0.05, 0.1) is 0 Å². The lowest BCUT2D eigenvalue weighted by Gasteiger charge is -2.18. The van der Waals surface area contributed by atoms with E-state index in [1.807, 2.05) is 0 Å². The number of esters is 3.